The monoisotopic (exact) mass is 419 g/mol. The minimum atomic E-state index is -0.373. The van der Waals surface area contributed by atoms with Gasteiger partial charge in [0, 0.05) is 17.7 Å². The Kier molecular flexibility index (Phi) is 6.12. The molecule has 0 amide bonds. The summed E-state index contributed by atoms with van der Waals surface area (Å²) in [5, 5.41) is 11.3. The molecule has 0 bridgehead atoms. The summed E-state index contributed by atoms with van der Waals surface area (Å²) < 4.78 is 29.9. The van der Waals surface area contributed by atoms with Crippen molar-refractivity contribution >= 4 is 5.69 Å². The van der Waals surface area contributed by atoms with E-state index in [0.29, 0.717) is 25.4 Å². The first-order chi connectivity index (χ1) is 14.5. The van der Waals surface area contributed by atoms with E-state index in [9.17, 15) is 14.5 Å². The van der Waals surface area contributed by atoms with Crippen molar-refractivity contribution in [2.45, 2.75) is 19.7 Å². The molecule has 30 heavy (non-hydrogen) atoms. The maximum atomic E-state index is 13.6. The molecule has 0 spiro atoms. The van der Waals surface area contributed by atoms with Crippen molar-refractivity contribution < 1.29 is 33.3 Å². The van der Waals surface area contributed by atoms with Crippen molar-refractivity contribution in [1.29, 1.82) is 0 Å². The predicted molar refractivity (Wildman–Crippen MR) is 105 cm³/mol. The molecule has 0 aliphatic carbocycles. The molecule has 1 fully saturated rings. The topological polar surface area (TPSA) is 79.7 Å². The highest BCUT2D eigenvalue weighted by Crippen LogP contribution is 2.32. The standard InChI is InChI=1S/C21H24FN3O5/c1-28-20-3-2-18(22)8-15(20)11-23-4-6-24(7-5-23)12-16-9-19(25(26)27)10-17-13-29-14-30-21(16)17/h2-3,8-10H,4-7,11-14H2,1H3/p+2. The molecule has 2 heterocycles. The van der Waals surface area contributed by atoms with Crippen LogP contribution in [0, 0.1) is 15.9 Å². The molecule has 0 radical (unpaired) electrons. The van der Waals surface area contributed by atoms with Crippen molar-refractivity contribution in [2.24, 2.45) is 0 Å². The maximum absolute atomic E-state index is 13.6. The van der Waals surface area contributed by atoms with Gasteiger partial charge in [-0.3, -0.25) is 10.1 Å². The summed E-state index contributed by atoms with van der Waals surface area (Å²) in [6, 6.07) is 7.77. The van der Waals surface area contributed by atoms with Crippen molar-refractivity contribution in [1.82, 2.24) is 0 Å². The smallest absolute Gasteiger partial charge is 0.270 e. The Morgan fingerprint density at radius 3 is 2.47 bits per heavy atom. The van der Waals surface area contributed by atoms with E-state index >= 15 is 0 Å². The summed E-state index contributed by atoms with van der Waals surface area (Å²) in [5.74, 6) is 1.17. The molecule has 1 saturated heterocycles. The number of nitro groups is 1. The van der Waals surface area contributed by atoms with Gasteiger partial charge in [0.15, 0.2) is 6.79 Å². The number of nitro benzene ring substituents is 1. The zero-order valence-corrected chi connectivity index (χ0v) is 16.9. The Morgan fingerprint density at radius 2 is 1.80 bits per heavy atom. The Balaban J connectivity index is 1.41. The van der Waals surface area contributed by atoms with Crippen LogP contribution in [0.4, 0.5) is 10.1 Å². The van der Waals surface area contributed by atoms with E-state index in [-0.39, 0.29) is 23.2 Å². The number of ether oxygens (including phenoxy) is 3. The van der Waals surface area contributed by atoms with Gasteiger partial charge in [-0.05, 0) is 18.2 Å². The number of non-ortho nitro benzene ring substituents is 1. The fourth-order valence-corrected chi connectivity index (χ4v) is 4.25. The van der Waals surface area contributed by atoms with Crippen LogP contribution in [0.2, 0.25) is 0 Å². The molecule has 2 aliphatic heterocycles. The largest absolute Gasteiger partial charge is 0.496 e. The van der Waals surface area contributed by atoms with Gasteiger partial charge >= 0.3 is 0 Å². The van der Waals surface area contributed by atoms with E-state index in [1.807, 2.05) is 0 Å². The van der Waals surface area contributed by atoms with Gasteiger partial charge in [-0.2, -0.15) is 0 Å². The van der Waals surface area contributed by atoms with E-state index in [2.05, 4.69) is 0 Å². The van der Waals surface area contributed by atoms with Gasteiger partial charge in [0.25, 0.3) is 5.69 Å². The van der Waals surface area contributed by atoms with Crippen LogP contribution in [0.3, 0.4) is 0 Å². The van der Waals surface area contributed by atoms with Crippen LogP contribution in [0.1, 0.15) is 16.7 Å². The van der Waals surface area contributed by atoms with E-state index in [1.54, 1.807) is 25.3 Å². The Hall–Kier alpha value is -2.75. The van der Waals surface area contributed by atoms with Gasteiger partial charge in [0.2, 0.25) is 0 Å². The molecule has 8 nitrogen and oxygen atoms in total. The van der Waals surface area contributed by atoms with Crippen molar-refractivity contribution in [3.8, 4) is 11.5 Å². The number of hydrogen-bond acceptors (Lipinski definition) is 5. The number of halogens is 1. The maximum Gasteiger partial charge on any atom is 0.270 e. The summed E-state index contributed by atoms with van der Waals surface area (Å²) in [4.78, 5) is 13.6. The van der Waals surface area contributed by atoms with Crippen LogP contribution in [-0.4, -0.2) is 45.0 Å². The lowest BCUT2D eigenvalue weighted by atomic mass is 10.1. The van der Waals surface area contributed by atoms with Crippen LogP contribution < -0.4 is 19.3 Å². The number of fused-ring (bicyclic) bond motifs is 1. The second-order valence-corrected chi connectivity index (χ2v) is 7.77. The number of hydrogen-bond donors (Lipinski definition) is 2. The molecule has 160 valence electrons. The van der Waals surface area contributed by atoms with Crippen molar-refractivity contribution in [3.05, 3.63) is 63.0 Å². The average molecular weight is 419 g/mol. The van der Waals surface area contributed by atoms with E-state index in [0.717, 1.165) is 48.6 Å². The molecular weight excluding hydrogens is 393 g/mol. The van der Waals surface area contributed by atoms with E-state index in [1.165, 1.54) is 21.9 Å². The number of nitrogens with zero attached hydrogens (tertiary/aromatic N) is 1. The molecule has 2 aromatic carbocycles. The SMILES string of the molecule is COc1ccc(F)cc1C[NH+]1CC[NH+](Cc2cc([N+](=O)[O-])cc3c2OCOC3)CC1. The third kappa shape index (κ3) is 4.53. The highest BCUT2D eigenvalue weighted by molar-refractivity contribution is 5.50. The molecule has 2 N–H and O–H groups in total. The first-order valence-electron chi connectivity index (χ1n) is 10.0. The fourth-order valence-electron chi connectivity index (χ4n) is 4.25. The lowest BCUT2D eigenvalue weighted by Gasteiger charge is -2.30. The molecule has 0 atom stereocenters. The zero-order valence-electron chi connectivity index (χ0n) is 16.9. The molecular formula is C21H26FN3O5+2. The Labute approximate surface area is 173 Å². The summed E-state index contributed by atoms with van der Waals surface area (Å²) in [6.07, 6.45) is 0. The minimum absolute atomic E-state index is 0.0692. The zero-order chi connectivity index (χ0) is 21.1. The van der Waals surface area contributed by atoms with E-state index < -0.39 is 0 Å². The first-order valence-corrected chi connectivity index (χ1v) is 10.0. The quantitative estimate of drug-likeness (QED) is 0.513. The number of benzene rings is 2. The molecule has 0 saturated carbocycles. The first kappa shape index (κ1) is 20.5. The molecule has 0 aromatic heterocycles. The molecule has 2 aromatic rings. The number of rotatable bonds is 6. The lowest BCUT2D eigenvalue weighted by molar-refractivity contribution is -1.02. The summed E-state index contributed by atoms with van der Waals surface area (Å²) in [5.41, 5.74) is 2.52. The molecule has 9 heteroatoms. The Bertz CT molecular complexity index is 931. The van der Waals surface area contributed by atoms with Gasteiger partial charge in [0.1, 0.15) is 56.6 Å². The molecule has 0 unspecified atom stereocenters. The van der Waals surface area contributed by atoms with Gasteiger partial charge < -0.3 is 24.0 Å². The predicted octanol–water partition coefficient (Wildman–Crippen LogP) is 0.0926. The Morgan fingerprint density at radius 1 is 1.10 bits per heavy atom. The van der Waals surface area contributed by atoms with E-state index in [4.69, 9.17) is 14.2 Å². The molecule has 2 aliphatic rings. The van der Waals surface area contributed by atoms with Gasteiger partial charge in [-0.25, -0.2) is 4.39 Å². The lowest BCUT2D eigenvalue weighted by Crippen LogP contribution is -3.27. The van der Waals surface area contributed by atoms with Crippen LogP contribution in [0.25, 0.3) is 0 Å². The van der Waals surface area contributed by atoms with Crippen molar-refractivity contribution in [3.63, 3.8) is 0 Å². The highest BCUT2D eigenvalue weighted by atomic mass is 19.1. The van der Waals surface area contributed by atoms with Crippen LogP contribution >= 0.6 is 0 Å². The summed E-state index contributed by atoms with van der Waals surface area (Å²) in [7, 11) is 1.60. The second-order valence-electron chi connectivity index (χ2n) is 7.77. The van der Waals surface area contributed by atoms with Crippen molar-refractivity contribution in [2.75, 3.05) is 40.1 Å². The third-order valence-corrected chi connectivity index (χ3v) is 5.77. The third-order valence-electron chi connectivity index (χ3n) is 5.77. The summed E-state index contributed by atoms with van der Waals surface area (Å²) >= 11 is 0. The molecule has 4 rings (SSSR count). The fraction of sp³-hybridized carbons (Fsp3) is 0.429. The van der Waals surface area contributed by atoms with Gasteiger partial charge in [-0.1, -0.05) is 0 Å². The number of piperazine rings is 1. The normalized spacial score (nSPS) is 20.9. The number of nitrogens with one attached hydrogen (secondary N) is 2. The van der Waals surface area contributed by atoms with Crippen LogP contribution in [0.15, 0.2) is 30.3 Å². The number of methoxy groups -OCH3 is 1. The average Bonchev–Trinajstić information content (AvgIpc) is 2.75. The second kappa shape index (κ2) is 8.95. The highest BCUT2D eigenvalue weighted by Gasteiger charge is 2.28. The van der Waals surface area contributed by atoms with Crippen LogP contribution in [-0.2, 0) is 24.4 Å². The summed E-state index contributed by atoms with van der Waals surface area (Å²) in [6.45, 7) is 5.56. The van der Waals surface area contributed by atoms with Gasteiger partial charge in [-0.15, -0.1) is 0 Å². The van der Waals surface area contributed by atoms with Crippen LogP contribution in [0.5, 0.6) is 11.5 Å². The van der Waals surface area contributed by atoms with Gasteiger partial charge in [0.05, 0.1) is 29.8 Å². The minimum Gasteiger partial charge on any atom is -0.496 e. The number of quaternary nitrogens is 2.